The van der Waals surface area contributed by atoms with Crippen LogP contribution in [-0.4, -0.2) is 30.8 Å². The Labute approximate surface area is 167 Å². The Kier molecular flexibility index (Phi) is 5.65. The summed E-state index contributed by atoms with van der Waals surface area (Å²) in [6, 6.07) is 11.0. The first-order valence-electron chi connectivity index (χ1n) is 9.91. The van der Waals surface area contributed by atoms with Crippen LogP contribution >= 0.6 is 0 Å². The van der Waals surface area contributed by atoms with Gasteiger partial charge in [-0.1, -0.05) is 43.2 Å². The molecular formula is C22H25N3O2S. The molecule has 2 atom stereocenters. The van der Waals surface area contributed by atoms with Crippen molar-refractivity contribution >= 4 is 15.9 Å². The summed E-state index contributed by atoms with van der Waals surface area (Å²) < 4.78 is 30.4. The predicted octanol–water partition coefficient (Wildman–Crippen LogP) is 3.65. The van der Waals surface area contributed by atoms with Crippen LogP contribution in [0.4, 0.5) is 5.69 Å². The Morgan fingerprint density at radius 1 is 1.00 bits per heavy atom. The Balaban J connectivity index is 1.51. The van der Waals surface area contributed by atoms with Crippen LogP contribution in [0.1, 0.15) is 43.2 Å². The van der Waals surface area contributed by atoms with Gasteiger partial charge in [-0.3, -0.25) is 9.71 Å². The highest BCUT2D eigenvalue weighted by molar-refractivity contribution is 7.90. The number of nitrogens with zero attached hydrogens (tertiary/aromatic N) is 2. The van der Waals surface area contributed by atoms with Crippen molar-refractivity contribution in [1.82, 2.24) is 9.29 Å². The van der Waals surface area contributed by atoms with Crippen LogP contribution in [0.5, 0.6) is 0 Å². The SMILES string of the molecule is O=S(=O)(Nc1ccccc1C#Cc1cccnc1)N1CCC2CCCCC2C1. The van der Waals surface area contributed by atoms with Gasteiger partial charge in [0.1, 0.15) is 0 Å². The number of piperidine rings is 1. The van der Waals surface area contributed by atoms with Gasteiger partial charge in [0, 0.05) is 36.6 Å². The number of hydrogen-bond donors (Lipinski definition) is 1. The van der Waals surface area contributed by atoms with Gasteiger partial charge in [0.2, 0.25) is 0 Å². The van der Waals surface area contributed by atoms with E-state index in [9.17, 15) is 8.42 Å². The molecule has 1 saturated heterocycles. The summed E-state index contributed by atoms with van der Waals surface area (Å²) in [5.74, 6) is 7.30. The molecule has 146 valence electrons. The van der Waals surface area contributed by atoms with Crippen molar-refractivity contribution in [3.05, 3.63) is 59.9 Å². The van der Waals surface area contributed by atoms with Crippen LogP contribution < -0.4 is 4.72 Å². The topological polar surface area (TPSA) is 62.3 Å². The summed E-state index contributed by atoms with van der Waals surface area (Å²) in [6.45, 7) is 1.23. The molecule has 5 nitrogen and oxygen atoms in total. The highest BCUT2D eigenvalue weighted by atomic mass is 32.2. The van der Waals surface area contributed by atoms with E-state index in [0.29, 0.717) is 36.2 Å². The Bertz CT molecular complexity index is 980. The summed E-state index contributed by atoms with van der Waals surface area (Å²) in [5, 5.41) is 0. The zero-order valence-corrected chi connectivity index (χ0v) is 16.7. The lowest BCUT2D eigenvalue weighted by Gasteiger charge is -2.40. The molecule has 1 aliphatic carbocycles. The van der Waals surface area contributed by atoms with Crippen molar-refractivity contribution in [2.45, 2.75) is 32.1 Å². The van der Waals surface area contributed by atoms with Crippen molar-refractivity contribution in [2.75, 3.05) is 17.8 Å². The average molecular weight is 396 g/mol. The third-order valence-corrected chi connectivity index (χ3v) is 7.25. The van der Waals surface area contributed by atoms with E-state index in [4.69, 9.17) is 0 Å². The standard InChI is InChI=1S/C22H25N3O2S/c26-28(27,25-15-13-19-7-1-2-9-21(19)17-25)24-22-10-4-3-8-20(22)12-11-18-6-5-14-23-16-18/h3-6,8,10,14,16,19,21,24H,1-2,7,9,13,15,17H2. The lowest BCUT2D eigenvalue weighted by atomic mass is 9.76. The number of aromatic nitrogens is 1. The number of fused-ring (bicyclic) bond motifs is 1. The lowest BCUT2D eigenvalue weighted by molar-refractivity contribution is 0.137. The molecule has 28 heavy (non-hydrogen) atoms. The summed E-state index contributed by atoms with van der Waals surface area (Å²) >= 11 is 0. The molecule has 1 aliphatic heterocycles. The van der Waals surface area contributed by atoms with Gasteiger partial charge in [-0.2, -0.15) is 12.7 Å². The van der Waals surface area contributed by atoms with E-state index in [1.807, 2.05) is 30.3 Å². The summed E-state index contributed by atoms with van der Waals surface area (Å²) in [6.07, 6.45) is 9.25. The molecule has 0 amide bonds. The Morgan fingerprint density at radius 2 is 1.82 bits per heavy atom. The number of benzene rings is 1. The van der Waals surface area contributed by atoms with Gasteiger partial charge in [-0.05, 0) is 48.9 Å². The van der Waals surface area contributed by atoms with Crippen LogP contribution in [0.15, 0.2) is 48.8 Å². The van der Waals surface area contributed by atoms with E-state index in [2.05, 4.69) is 21.5 Å². The molecule has 6 heteroatoms. The van der Waals surface area contributed by atoms with Crippen LogP contribution in [0.2, 0.25) is 0 Å². The van der Waals surface area contributed by atoms with Gasteiger partial charge in [-0.25, -0.2) is 0 Å². The van der Waals surface area contributed by atoms with Gasteiger partial charge in [0.25, 0.3) is 0 Å². The quantitative estimate of drug-likeness (QED) is 0.807. The van der Waals surface area contributed by atoms with Crippen LogP contribution in [-0.2, 0) is 10.2 Å². The Morgan fingerprint density at radius 3 is 2.64 bits per heavy atom. The minimum atomic E-state index is -3.59. The van der Waals surface area contributed by atoms with Crippen molar-refractivity contribution in [3.63, 3.8) is 0 Å². The second-order valence-corrected chi connectivity index (χ2v) is 9.27. The first-order chi connectivity index (χ1) is 13.6. The zero-order valence-electron chi connectivity index (χ0n) is 15.8. The maximum absolute atomic E-state index is 13.0. The van der Waals surface area contributed by atoms with Gasteiger partial charge in [0.05, 0.1) is 5.69 Å². The van der Waals surface area contributed by atoms with Crippen molar-refractivity contribution in [2.24, 2.45) is 11.8 Å². The number of para-hydroxylation sites is 1. The smallest absolute Gasteiger partial charge is 0.270 e. The summed E-state index contributed by atoms with van der Waals surface area (Å²) in [5.41, 5.74) is 1.96. The number of pyridine rings is 1. The first-order valence-corrected chi connectivity index (χ1v) is 11.3. The van der Waals surface area contributed by atoms with Crippen LogP contribution in [0.3, 0.4) is 0 Å². The molecule has 1 saturated carbocycles. The van der Waals surface area contributed by atoms with Gasteiger partial charge < -0.3 is 0 Å². The van der Waals surface area contributed by atoms with E-state index < -0.39 is 10.2 Å². The molecule has 0 spiro atoms. The highest BCUT2D eigenvalue weighted by Crippen LogP contribution is 2.37. The van der Waals surface area contributed by atoms with Gasteiger partial charge in [-0.15, -0.1) is 0 Å². The zero-order chi connectivity index (χ0) is 19.4. The summed E-state index contributed by atoms with van der Waals surface area (Å²) in [7, 11) is -3.59. The maximum atomic E-state index is 13.0. The molecule has 2 fully saturated rings. The monoisotopic (exact) mass is 395 g/mol. The van der Waals surface area contributed by atoms with Gasteiger partial charge in [0.15, 0.2) is 0 Å². The molecule has 1 aromatic heterocycles. The number of nitrogens with one attached hydrogen (secondary N) is 1. The number of rotatable bonds is 3. The average Bonchev–Trinajstić information content (AvgIpc) is 2.73. The highest BCUT2D eigenvalue weighted by Gasteiger charge is 2.36. The van der Waals surface area contributed by atoms with E-state index in [1.54, 1.807) is 22.8 Å². The predicted molar refractivity (Wildman–Crippen MR) is 111 cm³/mol. The second-order valence-electron chi connectivity index (χ2n) is 7.60. The fourth-order valence-corrected chi connectivity index (χ4v) is 5.57. The molecule has 4 rings (SSSR count). The molecule has 1 aromatic carbocycles. The third kappa shape index (κ3) is 4.37. The minimum absolute atomic E-state index is 0.500. The molecule has 0 radical (unpaired) electrons. The first kappa shape index (κ1) is 19.0. The van der Waals surface area contributed by atoms with Crippen molar-refractivity contribution in [1.29, 1.82) is 0 Å². The molecular weight excluding hydrogens is 370 g/mol. The largest absolute Gasteiger partial charge is 0.301 e. The summed E-state index contributed by atoms with van der Waals surface area (Å²) in [4.78, 5) is 4.05. The number of anilines is 1. The molecule has 2 aliphatic rings. The maximum Gasteiger partial charge on any atom is 0.301 e. The molecule has 2 aromatic rings. The van der Waals surface area contributed by atoms with E-state index in [-0.39, 0.29) is 0 Å². The van der Waals surface area contributed by atoms with E-state index >= 15 is 0 Å². The van der Waals surface area contributed by atoms with E-state index in [0.717, 1.165) is 18.4 Å². The lowest BCUT2D eigenvalue weighted by Crippen LogP contribution is -2.46. The second kappa shape index (κ2) is 8.34. The van der Waals surface area contributed by atoms with Crippen LogP contribution in [0.25, 0.3) is 0 Å². The van der Waals surface area contributed by atoms with Crippen molar-refractivity contribution < 1.29 is 8.42 Å². The Hall–Kier alpha value is -2.36. The minimum Gasteiger partial charge on any atom is -0.270 e. The number of hydrogen-bond acceptors (Lipinski definition) is 3. The van der Waals surface area contributed by atoms with Gasteiger partial charge >= 0.3 is 10.2 Å². The normalized spacial score (nSPS) is 22.6. The molecule has 2 heterocycles. The third-order valence-electron chi connectivity index (χ3n) is 5.76. The molecule has 0 bridgehead atoms. The fraction of sp³-hybridized carbons (Fsp3) is 0.409. The fourth-order valence-electron chi connectivity index (χ4n) is 4.25. The molecule has 2 unspecified atom stereocenters. The van der Waals surface area contributed by atoms with E-state index in [1.165, 1.54) is 19.3 Å². The molecule has 1 N–H and O–H groups in total. The van der Waals surface area contributed by atoms with Crippen molar-refractivity contribution in [3.8, 4) is 11.8 Å². The van der Waals surface area contributed by atoms with Crippen LogP contribution in [0, 0.1) is 23.7 Å².